The summed E-state index contributed by atoms with van der Waals surface area (Å²) < 4.78 is 17.7. The van der Waals surface area contributed by atoms with Gasteiger partial charge in [0.25, 0.3) is 5.91 Å². The molecule has 21 heavy (non-hydrogen) atoms. The molecule has 1 aliphatic carbocycles. The lowest BCUT2D eigenvalue weighted by atomic mass is 9.95. The Morgan fingerprint density at radius 1 is 1.14 bits per heavy atom. The van der Waals surface area contributed by atoms with Gasteiger partial charge in [0.1, 0.15) is 5.82 Å². The molecule has 0 unspecified atom stereocenters. The lowest BCUT2D eigenvalue weighted by Crippen LogP contribution is -2.38. The fourth-order valence-electron chi connectivity index (χ4n) is 2.48. The first-order chi connectivity index (χ1) is 10.1. The van der Waals surface area contributed by atoms with Crippen LogP contribution in [-0.2, 0) is 20.7 Å². The molecule has 0 radical (unpaired) electrons. The third kappa shape index (κ3) is 5.53. The number of benzene rings is 1. The van der Waals surface area contributed by atoms with Gasteiger partial charge in [-0.25, -0.2) is 4.39 Å². The van der Waals surface area contributed by atoms with Crippen molar-refractivity contribution in [3.63, 3.8) is 0 Å². The summed E-state index contributed by atoms with van der Waals surface area (Å²) >= 11 is 0. The van der Waals surface area contributed by atoms with Crippen molar-refractivity contribution < 1.29 is 18.7 Å². The van der Waals surface area contributed by atoms with Gasteiger partial charge < -0.3 is 10.1 Å². The molecule has 0 spiro atoms. The molecule has 0 heterocycles. The highest BCUT2D eigenvalue weighted by atomic mass is 19.1. The van der Waals surface area contributed by atoms with E-state index in [1.54, 1.807) is 0 Å². The first-order valence-corrected chi connectivity index (χ1v) is 7.33. The minimum Gasteiger partial charge on any atom is -0.455 e. The van der Waals surface area contributed by atoms with E-state index >= 15 is 0 Å². The van der Waals surface area contributed by atoms with Crippen LogP contribution in [-0.4, -0.2) is 24.5 Å². The Kier molecular flexibility index (Phi) is 5.72. The number of hydrogen-bond acceptors (Lipinski definition) is 3. The monoisotopic (exact) mass is 293 g/mol. The van der Waals surface area contributed by atoms with Crippen LogP contribution in [0.15, 0.2) is 24.3 Å². The Bertz CT molecular complexity index is 481. The van der Waals surface area contributed by atoms with E-state index < -0.39 is 5.97 Å². The lowest BCUT2D eigenvalue weighted by Gasteiger charge is -2.22. The predicted octanol–water partition coefficient (Wildman–Crippen LogP) is 2.36. The molecule has 5 heteroatoms. The zero-order chi connectivity index (χ0) is 15.1. The van der Waals surface area contributed by atoms with E-state index in [9.17, 15) is 14.0 Å². The molecular formula is C16H20FNO3. The topological polar surface area (TPSA) is 55.4 Å². The van der Waals surface area contributed by atoms with Crippen LogP contribution in [0, 0.1) is 5.82 Å². The fraction of sp³-hybridized carbons (Fsp3) is 0.500. The van der Waals surface area contributed by atoms with Crippen LogP contribution < -0.4 is 5.32 Å². The minimum atomic E-state index is -0.486. The maximum Gasteiger partial charge on any atom is 0.310 e. The molecule has 1 saturated carbocycles. The average Bonchev–Trinajstić information content (AvgIpc) is 2.49. The molecule has 1 N–H and O–H groups in total. The summed E-state index contributed by atoms with van der Waals surface area (Å²) in [7, 11) is 0. The lowest BCUT2D eigenvalue weighted by molar-refractivity contribution is -0.148. The molecule has 1 aromatic rings. The fourth-order valence-corrected chi connectivity index (χ4v) is 2.48. The number of ether oxygens (including phenoxy) is 1. The van der Waals surface area contributed by atoms with Crippen LogP contribution in [0.2, 0.25) is 0 Å². The van der Waals surface area contributed by atoms with Gasteiger partial charge >= 0.3 is 5.97 Å². The third-order valence-electron chi connectivity index (χ3n) is 3.60. The van der Waals surface area contributed by atoms with Gasteiger partial charge in [0.2, 0.25) is 0 Å². The summed E-state index contributed by atoms with van der Waals surface area (Å²) in [6.45, 7) is -0.253. The maximum atomic E-state index is 12.7. The van der Waals surface area contributed by atoms with Gasteiger partial charge in [0.05, 0.1) is 6.42 Å². The van der Waals surface area contributed by atoms with E-state index in [1.165, 1.54) is 30.7 Å². The smallest absolute Gasteiger partial charge is 0.310 e. The summed E-state index contributed by atoms with van der Waals surface area (Å²) in [5.74, 6) is -1.09. The highest BCUT2D eigenvalue weighted by Gasteiger charge is 2.16. The zero-order valence-electron chi connectivity index (χ0n) is 11.9. The molecular weight excluding hydrogens is 273 g/mol. The number of nitrogens with one attached hydrogen (secondary N) is 1. The number of carbonyl (C=O) groups excluding carboxylic acids is 2. The van der Waals surface area contributed by atoms with E-state index in [0.717, 1.165) is 25.7 Å². The summed E-state index contributed by atoms with van der Waals surface area (Å²) in [6, 6.07) is 5.84. The van der Waals surface area contributed by atoms with Gasteiger partial charge in [0.15, 0.2) is 6.61 Å². The van der Waals surface area contributed by atoms with Crippen LogP contribution in [0.4, 0.5) is 4.39 Å². The highest BCUT2D eigenvalue weighted by Crippen LogP contribution is 2.17. The molecule has 0 aliphatic heterocycles. The van der Waals surface area contributed by atoms with Gasteiger partial charge in [-0.05, 0) is 30.5 Å². The van der Waals surface area contributed by atoms with Gasteiger partial charge in [-0.1, -0.05) is 31.4 Å². The number of rotatable bonds is 5. The summed E-state index contributed by atoms with van der Waals surface area (Å²) in [5, 5.41) is 2.88. The number of hydrogen-bond donors (Lipinski definition) is 1. The Hall–Kier alpha value is -1.91. The number of amides is 1. The molecule has 4 nitrogen and oxygen atoms in total. The molecule has 1 aromatic carbocycles. The maximum absolute atomic E-state index is 12.7. The molecule has 114 valence electrons. The Labute approximate surface area is 123 Å². The first kappa shape index (κ1) is 15.5. The van der Waals surface area contributed by atoms with Crippen LogP contribution >= 0.6 is 0 Å². The van der Waals surface area contributed by atoms with Crippen molar-refractivity contribution >= 4 is 11.9 Å². The second kappa shape index (κ2) is 7.76. The summed E-state index contributed by atoms with van der Waals surface area (Å²) in [6.07, 6.45) is 5.52. The number of halogens is 1. The predicted molar refractivity (Wildman–Crippen MR) is 76.1 cm³/mol. The van der Waals surface area contributed by atoms with Crippen molar-refractivity contribution in [2.75, 3.05) is 6.61 Å². The Morgan fingerprint density at radius 3 is 2.48 bits per heavy atom. The molecule has 1 aliphatic rings. The van der Waals surface area contributed by atoms with Gasteiger partial charge in [-0.15, -0.1) is 0 Å². The summed E-state index contributed by atoms with van der Waals surface area (Å²) in [5.41, 5.74) is 0.661. The molecule has 1 amide bonds. The molecule has 0 bridgehead atoms. The van der Waals surface area contributed by atoms with Crippen molar-refractivity contribution in [1.29, 1.82) is 0 Å². The molecule has 0 aromatic heterocycles. The van der Waals surface area contributed by atoms with Crippen LogP contribution in [0.5, 0.6) is 0 Å². The number of esters is 1. The second-order valence-corrected chi connectivity index (χ2v) is 5.37. The van der Waals surface area contributed by atoms with E-state index in [1.807, 2.05) is 0 Å². The van der Waals surface area contributed by atoms with Gasteiger partial charge in [0, 0.05) is 6.04 Å². The second-order valence-electron chi connectivity index (χ2n) is 5.37. The van der Waals surface area contributed by atoms with Crippen molar-refractivity contribution in [3.8, 4) is 0 Å². The zero-order valence-corrected chi connectivity index (χ0v) is 11.9. The number of carbonyl (C=O) groups is 2. The standard InChI is InChI=1S/C16H20FNO3/c17-13-8-6-12(7-9-13)10-16(20)21-11-15(19)18-14-4-2-1-3-5-14/h6-9,14H,1-5,10-11H2,(H,18,19). The van der Waals surface area contributed by atoms with E-state index in [-0.39, 0.29) is 30.8 Å². The molecule has 2 rings (SSSR count). The highest BCUT2D eigenvalue weighted by molar-refractivity contribution is 5.81. The van der Waals surface area contributed by atoms with Crippen molar-refractivity contribution in [2.24, 2.45) is 0 Å². The van der Waals surface area contributed by atoms with E-state index in [2.05, 4.69) is 5.32 Å². The molecule has 0 atom stereocenters. The van der Waals surface area contributed by atoms with Crippen LogP contribution in [0.1, 0.15) is 37.7 Å². The van der Waals surface area contributed by atoms with E-state index in [0.29, 0.717) is 5.56 Å². The van der Waals surface area contributed by atoms with Crippen LogP contribution in [0.25, 0.3) is 0 Å². The Balaban J connectivity index is 1.68. The average molecular weight is 293 g/mol. The first-order valence-electron chi connectivity index (χ1n) is 7.33. The minimum absolute atomic E-state index is 0.0387. The van der Waals surface area contributed by atoms with Crippen molar-refractivity contribution in [1.82, 2.24) is 5.32 Å². The normalized spacial score (nSPS) is 15.5. The summed E-state index contributed by atoms with van der Waals surface area (Å²) in [4.78, 5) is 23.3. The van der Waals surface area contributed by atoms with Gasteiger partial charge in [-0.2, -0.15) is 0 Å². The Morgan fingerprint density at radius 2 is 1.81 bits per heavy atom. The molecule has 0 saturated heterocycles. The largest absolute Gasteiger partial charge is 0.455 e. The van der Waals surface area contributed by atoms with Gasteiger partial charge in [-0.3, -0.25) is 9.59 Å². The third-order valence-corrected chi connectivity index (χ3v) is 3.60. The molecule has 1 fully saturated rings. The quantitative estimate of drug-likeness (QED) is 0.848. The van der Waals surface area contributed by atoms with Crippen molar-refractivity contribution in [2.45, 2.75) is 44.6 Å². The van der Waals surface area contributed by atoms with Crippen LogP contribution in [0.3, 0.4) is 0 Å². The van der Waals surface area contributed by atoms with Crippen molar-refractivity contribution in [3.05, 3.63) is 35.6 Å². The van der Waals surface area contributed by atoms with E-state index in [4.69, 9.17) is 4.74 Å². The SMILES string of the molecule is O=C(COC(=O)Cc1ccc(F)cc1)NC1CCCCC1.